The van der Waals surface area contributed by atoms with E-state index in [1.165, 1.54) is 0 Å². The molecule has 66 valence electrons. The zero-order valence-electron chi connectivity index (χ0n) is 6.67. The molecule has 5 heteroatoms. The van der Waals surface area contributed by atoms with Crippen molar-refractivity contribution in [1.82, 2.24) is 10.3 Å². The highest BCUT2D eigenvalue weighted by Crippen LogP contribution is 2.33. The number of nitrogens with two attached hydrogens (primary N) is 1. The normalized spacial score (nSPS) is 26.9. The average molecular weight is 169 g/mol. The SMILES string of the molecule is NN1C(=O)NC2(CCCC2)C1=O. The summed E-state index contributed by atoms with van der Waals surface area (Å²) < 4.78 is 0. The molecule has 5 nitrogen and oxygen atoms in total. The summed E-state index contributed by atoms with van der Waals surface area (Å²) in [5, 5.41) is 3.33. The van der Waals surface area contributed by atoms with Gasteiger partial charge in [-0.25, -0.2) is 10.6 Å². The van der Waals surface area contributed by atoms with Crippen LogP contribution < -0.4 is 11.2 Å². The predicted molar refractivity (Wildman–Crippen MR) is 40.8 cm³/mol. The lowest BCUT2D eigenvalue weighted by Gasteiger charge is -2.18. The van der Waals surface area contributed by atoms with E-state index in [9.17, 15) is 9.59 Å². The van der Waals surface area contributed by atoms with Crippen LogP contribution in [0.5, 0.6) is 0 Å². The maximum absolute atomic E-state index is 11.5. The van der Waals surface area contributed by atoms with Crippen LogP contribution in [-0.4, -0.2) is 22.5 Å². The summed E-state index contributed by atoms with van der Waals surface area (Å²) in [6.07, 6.45) is 3.43. The van der Waals surface area contributed by atoms with Crippen LogP contribution in [0.25, 0.3) is 0 Å². The van der Waals surface area contributed by atoms with Gasteiger partial charge >= 0.3 is 6.03 Å². The van der Waals surface area contributed by atoms with E-state index < -0.39 is 11.6 Å². The zero-order chi connectivity index (χ0) is 8.77. The first-order valence-corrected chi connectivity index (χ1v) is 4.07. The minimum atomic E-state index is -0.647. The molecule has 2 aliphatic rings. The van der Waals surface area contributed by atoms with Gasteiger partial charge in [0.05, 0.1) is 0 Å². The number of hydrogen-bond donors (Lipinski definition) is 2. The zero-order valence-corrected chi connectivity index (χ0v) is 6.67. The van der Waals surface area contributed by atoms with Gasteiger partial charge in [-0.15, -0.1) is 0 Å². The Morgan fingerprint density at radius 2 is 1.92 bits per heavy atom. The minimum absolute atomic E-state index is 0.273. The van der Waals surface area contributed by atoms with Crippen molar-refractivity contribution in [2.75, 3.05) is 0 Å². The molecule has 3 N–H and O–H groups in total. The van der Waals surface area contributed by atoms with Crippen molar-refractivity contribution in [3.05, 3.63) is 0 Å². The molecule has 1 spiro atoms. The van der Waals surface area contributed by atoms with Gasteiger partial charge in [-0.3, -0.25) is 4.79 Å². The molecule has 0 aromatic rings. The molecular weight excluding hydrogens is 158 g/mol. The molecule has 0 radical (unpaired) electrons. The smallest absolute Gasteiger partial charge is 0.322 e. The maximum Gasteiger partial charge on any atom is 0.339 e. The third-order valence-electron chi connectivity index (χ3n) is 2.65. The third-order valence-corrected chi connectivity index (χ3v) is 2.65. The lowest BCUT2D eigenvalue weighted by atomic mass is 9.98. The van der Waals surface area contributed by atoms with Crippen molar-refractivity contribution in [2.45, 2.75) is 31.2 Å². The van der Waals surface area contributed by atoms with Crippen molar-refractivity contribution in [3.63, 3.8) is 0 Å². The summed E-state index contributed by atoms with van der Waals surface area (Å²) in [6.45, 7) is 0. The second-order valence-electron chi connectivity index (χ2n) is 3.39. The lowest BCUT2D eigenvalue weighted by molar-refractivity contribution is -0.131. The van der Waals surface area contributed by atoms with E-state index in [-0.39, 0.29) is 5.91 Å². The molecule has 12 heavy (non-hydrogen) atoms. The fraction of sp³-hybridized carbons (Fsp3) is 0.714. The molecule has 1 heterocycles. The predicted octanol–water partition coefficient (Wildman–Crippen LogP) is -0.275. The van der Waals surface area contributed by atoms with Gasteiger partial charge in [-0.05, 0) is 12.8 Å². The van der Waals surface area contributed by atoms with Crippen LogP contribution in [0.2, 0.25) is 0 Å². The van der Waals surface area contributed by atoms with Crippen LogP contribution in [0, 0.1) is 0 Å². The molecule has 1 saturated heterocycles. The highest BCUT2D eigenvalue weighted by molar-refractivity contribution is 6.06. The molecule has 0 bridgehead atoms. The van der Waals surface area contributed by atoms with Crippen molar-refractivity contribution in [1.29, 1.82) is 0 Å². The first-order valence-electron chi connectivity index (χ1n) is 4.07. The number of imide groups is 1. The molecule has 2 fully saturated rings. The quantitative estimate of drug-likeness (QED) is 0.297. The van der Waals surface area contributed by atoms with Crippen LogP contribution in [0.15, 0.2) is 0 Å². The summed E-state index contributed by atoms with van der Waals surface area (Å²) in [5.74, 6) is 4.97. The molecule has 1 aliphatic heterocycles. The number of hydrazine groups is 1. The Labute approximate surface area is 69.9 Å². The van der Waals surface area contributed by atoms with E-state index in [0.29, 0.717) is 5.01 Å². The Kier molecular flexibility index (Phi) is 1.38. The van der Waals surface area contributed by atoms with Gasteiger partial charge in [0.15, 0.2) is 0 Å². The average Bonchev–Trinajstić information content (AvgIpc) is 2.57. The van der Waals surface area contributed by atoms with Gasteiger partial charge < -0.3 is 5.32 Å². The molecular formula is C7H11N3O2. The summed E-state index contributed by atoms with van der Waals surface area (Å²) in [4.78, 5) is 22.5. The van der Waals surface area contributed by atoms with E-state index in [0.717, 1.165) is 25.7 Å². The fourth-order valence-electron chi connectivity index (χ4n) is 1.96. The number of nitrogens with one attached hydrogen (secondary N) is 1. The number of urea groups is 1. The van der Waals surface area contributed by atoms with Crippen molar-refractivity contribution in [3.8, 4) is 0 Å². The Balaban J connectivity index is 2.29. The molecule has 1 saturated carbocycles. The first-order chi connectivity index (χ1) is 5.66. The number of nitrogens with zero attached hydrogens (tertiary/aromatic N) is 1. The van der Waals surface area contributed by atoms with Gasteiger partial charge in [0.1, 0.15) is 5.54 Å². The largest absolute Gasteiger partial charge is 0.339 e. The van der Waals surface area contributed by atoms with Gasteiger partial charge in [0.2, 0.25) is 0 Å². The van der Waals surface area contributed by atoms with Crippen LogP contribution in [0.1, 0.15) is 25.7 Å². The van der Waals surface area contributed by atoms with Gasteiger partial charge in [0.25, 0.3) is 5.91 Å². The van der Waals surface area contributed by atoms with Crippen molar-refractivity contribution >= 4 is 11.9 Å². The summed E-state index contributed by atoms with van der Waals surface area (Å²) in [7, 11) is 0. The topological polar surface area (TPSA) is 75.4 Å². The second-order valence-corrected chi connectivity index (χ2v) is 3.39. The molecule has 0 atom stereocenters. The molecule has 0 aromatic heterocycles. The minimum Gasteiger partial charge on any atom is -0.322 e. The second kappa shape index (κ2) is 2.20. The van der Waals surface area contributed by atoms with Gasteiger partial charge in [-0.2, -0.15) is 5.01 Å². The Morgan fingerprint density at radius 3 is 2.33 bits per heavy atom. The van der Waals surface area contributed by atoms with Crippen molar-refractivity contribution < 1.29 is 9.59 Å². The fourth-order valence-corrected chi connectivity index (χ4v) is 1.96. The van der Waals surface area contributed by atoms with Crippen LogP contribution in [-0.2, 0) is 4.79 Å². The maximum atomic E-state index is 11.5. The molecule has 0 unspecified atom stereocenters. The summed E-state index contributed by atoms with van der Waals surface area (Å²) in [6, 6.07) is -0.470. The summed E-state index contributed by atoms with van der Waals surface area (Å²) in [5.41, 5.74) is -0.647. The molecule has 0 aromatic carbocycles. The molecule has 3 amide bonds. The highest BCUT2D eigenvalue weighted by atomic mass is 16.2. The standard InChI is InChI=1S/C7H11N3O2/c8-10-5(11)7(9-6(10)12)3-1-2-4-7/h1-4,8H2,(H,9,12). The van der Waals surface area contributed by atoms with Crippen LogP contribution in [0.4, 0.5) is 4.79 Å². The van der Waals surface area contributed by atoms with Crippen LogP contribution >= 0.6 is 0 Å². The summed E-state index contributed by atoms with van der Waals surface area (Å²) >= 11 is 0. The number of rotatable bonds is 0. The molecule has 1 aliphatic carbocycles. The third kappa shape index (κ3) is 0.768. The van der Waals surface area contributed by atoms with Crippen LogP contribution in [0.3, 0.4) is 0 Å². The number of carbonyl (C=O) groups is 2. The number of amides is 3. The van der Waals surface area contributed by atoms with Gasteiger partial charge in [-0.1, -0.05) is 12.8 Å². The van der Waals surface area contributed by atoms with E-state index in [2.05, 4.69) is 5.32 Å². The lowest BCUT2D eigenvalue weighted by Crippen LogP contribution is -2.45. The van der Waals surface area contributed by atoms with Crippen molar-refractivity contribution in [2.24, 2.45) is 5.84 Å². The van der Waals surface area contributed by atoms with Gasteiger partial charge in [0, 0.05) is 0 Å². The Bertz CT molecular complexity index is 245. The van der Waals surface area contributed by atoms with E-state index in [1.54, 1.807) is 0 Å². The van der Waals surface area contributed by atoms with E-state index in [1.807, 2.05) is 0 Å². The number of carbonyl (C=O) groups excluding carboxylic acids is 2. The number of hydrogen-bond acceptors (Lipinski definition) is 3. The monoisotopic (exact) mass is 169 g/mol. The van der Waals surface area contributed by atoms with E-state index in [4.69, 9.17) is 5.84 Å². The van der Waals surface area contributed by atoms with E-state index >= 15 is 0 Å². The Morgan fingerprint density at radius 1 is 1.33 bits per heavy atom. The molecule has 2 rings (SSSR count). The Hall–Kier alpha value is -1.10. The first kappa shape index (κ1) is 7.54. The highest BCUT2D eigenvalue weighted by Gasteiger charge is 2.51.